The topological polar surface area (TPSA) is 41.9 Å². The summed E-state index contributed by atoms with van der Waals surface area (Å²) in [6.45, 7) is 6.41. The molecule has 110 valence electrons. The molecular formula is C16H23NO3. The zero-order chi connectivity index (χ0) is 14.0. The molecule has 1 aromatic carbocycles. The van der Waals surface area contributed by atoms with E-state index in [-0.39, 0.29) is 0 Å². The van der Waals surface area contributed by atoms with E-state index in [0.29, 0.717) is 13.2 Å². The first-order chi connectivity index (χ1) is 9.71. The van der Waals surface area contributed by atoms with Crippen molar-refractivity contribution in [3.8, 4) is 11.5 Å². The molecule has 0 aliphatic carbocycles. The molecule has 0 amide bonds. The van der Waals surface area contributed by atoms with Gasteiger partial charge in [-0.2, -0.15) is 0 Å². The molecule has 4 nitrogen and oxygen atoms in total. The molecule has 4 heteroatoms. The lowest BCUT2D eigenvalue weighted by Crippen LogP contribution is -2.42. The third-order valence-electron chi connectivity index (χ3n) is 4.30. The average molecular weight is 277 g/mol. The van der Waals surface area contributed by atoms with Gasteiger partial charge in [0.25, 0.3) is 0 Å². The first-order valence-electron chi connectivity index (χ1n) is 7.56. The van der Waals surface area contributed by atoms with E-state index in [4.69, 9.17) is 9.47 Å². The van der Waals surface area contributed by atoms with Crippen molar-refractivity contribution in [1.29, 1.82) is 0 Å². The maximum atomic E-state index is 10.9. The molecule has 1 N–H and O–H groups in total. The van der Waals surface area contributed by atoms with Gasteiger partial charge in [-0.1, -0.05) is 13.0 Å². The molecule has 2 aliphatic heterocycles. The molecule has 20 heavy (non-hydrogen) atoms. The van der Waals surface area contributed by atoms with E-state index in [2.05, 4.69) is 11.8 Å². The van der Waals surface area contributed by atoms with Gasteiger partial charge in [-0.3, -0.25) is 0 Å². The lowest BCUT2D eigenvalue weighted by Gasteiger charge is -2.38. The summed E-state index contributed by atoms with van der Waals surface area (Å²) in [6, 6.07) is 5.84. The van der Waals surface area contributed by atoms with Crippen molar-refractivity contribution in [2.24, 2.45) is 0 Å². The SMILES string of the molecule is CCCN1CCC(O)(c2ccc3c(c2)OCCO3)CC1. The Labute approximate surface area is 120 Å². The molecule has 0 bridgehead atoms. The summed E-state index contributed by atoms with van der Waals surface area (Å²) in [5.74, 6) is 1.55. The number of benzene rings is 1. The number of aliphatic hydroxyl groups is 1. The summed E-state index contributed by atoms with van der Waals surface area (Å²) in [5.41, 5.74) is 0.234. The predicted molar refractivity (Wildman–Crippen MR) is 77.3 cm³/mol. The summed E-state index contributed by atoms with van der Waals surface area (Å²) in [7, 11) is 0. The Morgan fingerprint density at radius 2 is 1.85 bits per heavy atom. The standard InChI is InChI=1S/C16H23NO3/c1-2-7-17-8-5-16(18,6-9-17)13-3-4-14-15(12-13)20-11-10-19-14/h3-4,12,18H,2,5-11H2,1H3. The molecule has 1 saturated heterocycles. The van der Waals surface area contributed by atoms with Crippen LogP contribution >= 0.6 is 0 Å². The molecular weight excluding hydrogens is 254 g/mol. The zero-order valence-corrected chi connectivity index (χ0v) is 12.1. The highest BCUT2D eigenvalue weighted by molar-refractivity contribution is 5.45. The number of likely N-dealkylation sites (tertiary alicyclic amines) is 1. The molecule has 2 aliphatic rings. The van der Waals surface area contributed by atoms with Gasteiger partial charge in [0, 0.05) is 13.1 Å². The van der Waals surface area contributed by atoms with E-state index >= 15 is 0 Å². The van der Waals surface area contributed by atoms with E-state index in [1.807, 2.05) is 18.2 Å². The molecule has 0 radical (unpaired) electrons. The summed E-state index contributed by atoms with van der Waals surface area (Å²) in [5, 5.41) is 10.9. The van der Waals surface area contributed by atoms with Crippen molar-refractivity contribution in [3.63, 3.8) is 0 Å². The number of fused-ring (bicyclic) bond motifs is 1. The van der Waals surface area contributed by atoms with Gasteiger partial charge in [0.2, 0.25) is 0 Å². The maximum Gasteiger partial charge on any atom is 0.161 e. The number of piperidine rings is 1. The Kier molecular flexibility index (Phi) is 3.85. The van der Waals surface area contributed by atoms with Gasteiger partial charge in [-0.25, -0.2) is 0 Å². The first-order valence-corrected chi connectivity index (χ1v) is 7.56. The molecule has 0 saturated carbocycles. The van der Waals surface area contributed by atoms with Crippen molar-refractivity contribution < 1.29 is 14.6 Å². The number of ether oxygens (including phenoxy) is 2. The van der Waals surface area contributed by atoms with E-state index in [0.717, 1.165) is 49.5 Å². The quantitative estimate of drug-likeness (QED) is 0.919. The lowest BCUT2D eigenvalue weighted by molar-refractivity contribution is -0.0260. The lowest BCUT2D eigenvalue weighted by atomic mass is 9.84. The molecule has 0 unspecified atom stereocenters. The van der Waals surface area contributed by atoms with Gasteiger partial charge >= 0.3 is 0 Å². The van der Waals surface area contributed by atoms with E-state index < -0.39 is 5.60 Å². The Morgan fingerprint density at radius 1 is 1.15 bits per heavy atom. The van der Waals surface area contributed by atoms with Gasteiger partial charge < -0.3 is 19.5 Å². The molecule has 1 aromatic rings. The molecule has 3 rings (SSSR count). The Morgan fingerprint density at radius 3 is 2.55 bits per heavy atom. The minimum atomic E-state index is -0.722. The second-order valence-electron chi connectivity index (χ2n) is 5.73. The summed E-state index contributed by atoms with van der Waals surface area (Å²) in [4.78, 5) is 2.42. The van der Waals surface area contributed by atoms with Crippen LogP contribution in [-0.2, 0) is 5.60 Å². The van der Waals surface area contributed by atoms with Crippen LogP contribution in [0.15, 0.2) is 18.2 Å². The highest BCUT2D eigenvalue weighted by atomic mass is 16.6. The highest BCUT2D eigenvalue weighted by Gasteiger charge is 2.34. The third kappa shape index (κ3) is 2.63. The first kappa shape index (κ1) is 13.7. The number of hydrogen-bond acceptors (Lipinski definition) is 4. The normalized spacial score (nSPS) is 21.7. The second kappa shape index (κ2) is 5.62. The largest absolute Gasteiger partial charge is 0.486 e. The fraction of sp³-hybridized carbons (Fsp3) is 0.625. The molecule has 2 heterocycles. The smallest absolute Gasteiger partial charge is 0.161 e. The van der Waals surface area contributed by atoms with Crippen LogP contribution in [0.1, 0.15) is 31.7 Å². The minimum absolute atomic E-state index is 0.582. The van der Waals surface area contributed by atoms with Crippen LogP contribution in [0.25, 0.3) is 0 Å². The van der Waals surface area contributed by atoms with Crippen LogP contribution in [0.3, 0.4) is 0 Å². The Hall–Kier alpha value is -1.26. The van der Waals surface area contributed by atoms with Crippen LogP contribution in [0.5, 0.6) is 11.5 Å². The molecule has 0 spiro atoms. The van der Waals surface area contributed by atoms with Gasteiger partial charge in [0.15, 0.2) is 11.5 Å². The van der Waals surface area contributed by atoms with Crippen LogP contribution in [0.2, 0.25) is 0 Å². The summed E-state index contributed by atoms with van der Waals surface area (Å²) in [6.07, 6.45) is 2.74. The fourth-order valence-electron chi connectivity index (χ4n) is 3.08. The van der Waals surface area contributed by atoms with Crippen LogP contribution in [0, 0.1) is 0 Å². The van der Waals surface area contributed by atoms with E-state index in [1.165, 1.54) is 6.42 Å². The van der Waals surface area contributed by atoms with Gasteiger partial charge in [0.1, 0.15) is 13.2 Å². The molecule has 0 atom stereocenters. The van der Waals surface area contributed by atoms with Crippen molar-refractivity contribution in [3.05, 3.63) is 23.8 Å². The van der Waals surface area contributed by atoms with E-state index in [1.54, 1.807) is 0 Å². The van der Waals surface area contributed by atoms with E-state index in [9.17, 15) is 5.11 Å². The monoisotopic (exact) mass is 277 g/mol. The van der Waals surface area contributed by atoms with Crippen LogP contribution in [0.4, 0.5) is 0 Å². The van der Waals surface area contributed by atoms with Crippen molar-refractivity contribution in [1.82, 2.24) is 4.90 Å². The minimum Gasteiger partial charge on any atom is -0.486 e. The van der Waals surface area contributed by atoms with Gasteiger partial charge in [-0.15, -0.1) is 0 Å². The van der Waals surface area contributed by atoms with Crippen molar-refractivity contribution >= 4 is 0 Å². The molecule has 0 aromatic heterocycles. The number of nitrogens with zero attached hydrogens (tertiary/aromatic N) is 1. The summed E-state index contributed by atoms with van der Waals surface area (Å²) < 4.78 is 11.1. The van der Waals surface area contributed by atoms with Crippen molar-refractivity contribution in [2.45, 2.75) is 31.8 Å². The third-order valence-corrected chi connectivity index (χ3v) is 4.30. The summed E-state index contributed by atoms with van der Waals surface area (Å²) >= 11 is 0. The average Bonchev–Trinajstić information content (AvgIpc) is 2.49. The Balaban J connectivity index is 1.75. The van der Waals surface area contributed by atoms with Gasteiger partial charge in [-0.05, 0) is 43.5 Å². The Bertz CT molecular complexity index is 467. The highest BCUT2D eigenvalue weighted by Crippen LogP contribution is 2.38. The van der Waals surface area contributed by atoms with Gasteiger partial charge in [0.05, 0.1) is 5.60 Å². The number of hydrogen-bond donors (Lipinski definition) is 1. The van der Waals surface area contributed by atoms with Crippen molar-refractivity contribution in [2.75, 3.05) is 32.8 Å². The second-order valence-corrected chi connectivity index (χ2v) is 5.73. The predicted octanol–water partition coefficient (Wildman–Crippen LogP) is 2.15. The zero-order valence-electron chi connectivity index (χ0n) is 12.1. The number of rotatable bonds is 3. The maximum absolute atomic E-state index is 10.9. The molecule has 1 fully saturated rings. The van der Waals surface area contributed by atoms with Crippen LogP contribution < -0.4 is 9.47 Å². The van der Waals surface area contributed by atoms with Crippen LogP contribution in [-0.4, -0.2) is 42.9 Å². The fourth-order valence-corrected chi connectivity index (χ4v) is 3.08.